The van der Waals surface area contributed by atoms with Crippen molar-refractivity contribution in [1.82, 2.24) is 0 Å². The second kappa shape index (κ2) is 14.0. The van der Waals surface area contributed by atoms with Gasteiger partial charge in [0.15, 0.2) is 5.75 Å². The van der Waals surface area contributed by atoms with Gasteiger partial charge in [0.2, 0.25) is 11.8 Å². The summed E-state index contributed by atoms with van der Waals surface area (Å²) in [5.74, 6) is 0.716. The number of thiophene rings is 1. The summed E-state index contributed by atoms with van der Waals surface area (Å²) in [5, 5.41) is 13.6. The van der Waals surface area contributed by atoms with Crippen molar-refractivity contribution in [3.05, 3.63) is 46.3 Å². The average Bonchev–Trinajstić information content (AvgIpc) is 3.68. The molecule has 224 valence electrons. The minimum atomic E-state index is -0.482. The van der Waals surface area contributed by atoms with Crippen molar-refractivity contribution in [1.29, 1.82) is 0 Å². The van der Waals surface area contributed by atoms with Crippen LogP contribution in [-0.2, 0) is 20.6 Å². The van der Waals surface area contributed by atoms with Crippen molar-refractivity contribution >= 4 is 93.8 Å². The summed E-state index contributed by atoms with van der Waals surface area (Å²) >= 11 is 14.0. The lowest BCUT2D eigenvalue weighted by Crippen LogP contribution is -2.31. The quantitative estimate of drug-likeness (QED) is 0.140. The van der Waals surface area contributed by atoms with Crippen LogP contribution in [0, 0.1) is 6.92 Å². The van der Waals surface area contributed by atoms with E-state index in [1.54, 1.807) is 21.9 Å². The molecule has 2 amide bonds. The van der Waals surface area contributed by atoms with Crippen LogP contribution in [-0.4, -0.2) is 48.5 Å². The van der Waals surface area contributed by atoms with Crippen LogP contribution in [0.4, 0.5) is 11.4 Å². The number of halogens is 2. The number of phenolic OH excluding ortho intramolecular Hbond substituents is 1. The highest BCUT2D eigenvalue weighted by Crippen LogP contribution is 2.50. The van der Waals surface area contributed by atoms with Crippen LogP contribution in [0.3, 0.4) is 0 Å². The summed E-state index contributed by atoms with van der Waals surface area (Å²) in [6, 6.07) is 3.45. The van der Waals surface area contributed by atoms with Crippen molar-refractivity contribution in [3.63, 3.8) is 0 Å². The van der Waals surface area contributed by atoms with Gasteiger partial charge in [-0.15, -0.1) is 46.3 Å². The van der Waals surface area contributed by atoms with Gasteiger partial charge in [0.1, 0.15) is 5.75 Å². The van der Waals surface area contributed by atoms with E-state index < -0.39 is 8.69 Å². The molecule has 0 spiro atoms. The smallest absolute Gasteiger partial charge is 0.395 e. The largest absolute Gasteiger partial charge is 0.506 e. The number of fused-ring (bicyclic) bond motifs is 4. The zero-order valence-corrected chi connectivity index (χ0v) is 28.0. The SMILES string of the molecule is C=C(C)c1c(SC)c(OP=O)cc2c1[C@H](CCl)CN2C(=O)CCCC(=O)N1CCc2c1cc(O)c1scc(C)c21.CCl. The Kier molecular flexibility index (Phi) is 10.9. The van der Waals surface area contributed by atoms with Crippen LogP contribution in [0.1, 0.15) is 54.4 Å². The number of amides is 2. The fourth-order valence-electron chi connectivity index (χ4n) is 5.96. The third kappa shape index (κ3) is 5.91. The van der Waals surface area contributed by atoms with Gasteiger partial charge < -0.3 is 19.4 Å². The average molecular weight is 668 g/mol. The Labute approximate surface area is 266 Å². The summed E-state index contributed by atoms with van der Waals surface area (Å²) in [5.41, 5.74) is 6.32. The van der Waals surface area contributed by atoms with Gasteiger partial charge in [-0.1, -0.05) is 6.58 Å². The fourth-order valence-corrected chi connectivity index (χ4v) is 8.28. The third-order valence-electron chi connectivity index (χ3n) is 7.67. The van der Waals surface area contributed by atoms with Crippen molar-refractivity contribution in [2.45, 2.75) is 50.3 Å². The van der Waals surface area contributed by atoms with Crippen LogP contribution in [0.5, 0.6) is 11.5 Å². The number of alkyl halides is 2. The molecule has 0 saturated carbocycles. The van der Waals surface area contributed by atoms with Gasteiger partial charge in [0, 0.05) is 61.6 Å². The number of rotatable bonds is 9. The maximum absolute atomic E-state index is 13.5. The number of hydrogen-bond donors (Lipinski definition) is 1. The van der Waals surface area contributed by atoms with Crippen LogP contribution < -0.4 is 14.3 Å². The first-order valence-electron chi connectivity index (χ1n) is 13.4. The van der Waals surface area contributed by atoms with Crippen LogP contribution in [0.15, 0.2) is 29.0 Å². The first-order chi connectivity index (χ1) is 20.2. The van der Waals surface area contributed by atoms with Gasteiger partial charge in [0.05, 0.1) is 21.0 Å². The predicted molar refractivity (Wildman–Crippen MR) is 177 cm³/mol. The number of carbonyl (C=O) groups is 2. The van der Waals surface area contributed by atoms with Crippen LogP contribution >= 0.6 is 55.0 Å². The maximum Gasteiger partial charge on any atom is 0.395 e. The van der Waals surface area contributed by atoms with Crippen LogP contribution in [0.25, 0.3) is 15.7 Å². The lowest BCUT2D eigenvalue weighted by Gasteiger charge is -2.21. The molecule has 2 aliphatic rings. The zero-order valence-electron chi connectivity index (χ0n) is 24.0. The number of aryl methyl sites for hydroxylation is 1. The molecule has 2 aromatic carbocycles. The Morgan fingerprint density at radius 2 is 1.90 bits per heavy atom. The van der Waals surface area contributed by atoms with E-state index in [4.69, 9.17) is 16.1 Å². The van der Waals surface area contributed by atoms with E-state index >= 15 is 0 Å². The lowest BCUT2D eigenvalue weighted by molar-refractivity contribution is -0.119. The molecule has 0 bridgehead atoms. The Bertz CT molecular complexity index is 1560. The van der Waals surface area contributed by atoms with Gasteiger partial charge in [-0.2, -0.15) is 0 Å². The minimum absolute atomic E-state index is 0.0574. The Balaban J connectivity index is 0.00000198. The molecule has 0 saturated heterocycles. The molecule has 0 fully saturated rings. The molecule has 2 aliphatic heterocycles. The van der Waals surface area contributed by atoms with Gasteiger partial charge in [0.25, 0.3) is 0 Å². The minimum Gasteiger partial charge on any atom is -0.506 e. The second-order valence-corrected chi connectivity index (χ2v) is 12.5. The van der Waals surface area contributed by atoms with Crippen molar-refractivity contribution < 1.29 is 23.8 Å². The molecular formula is C30H33Cl2N2O5PS2. The third-order valence-corrected chi connectivity index (χ3v) is 10.2. The summed E-state index contributed by atoms with van der Waals surface area (Å²) in [7, 11) is -0.482. The maximum atomic E-state index is 13.5. The van der Waals surface area contributed by atoms with Crippen molar-refractivity contribution in [3.8, 4) is 11.5 Å². The number of anilines is 2. The van der Waals surface area contributed by atoms with E-state index in [0.717, 1.165) is 54.9 Å². The second-order valence-electron chi connectivity index (χ2n) is 10.2. The number of allylic oxidation sites excluding steroid dienone is 1. The number of thioether (sulfide) groups is 1. The zero-order chi connectivity index (χ0) is 30.7. The van der Waals surface area contributed by atoms with Gasteiger partial charge >= 0.3 is 8.69 Å². The summed E-state index contributed by atoms with van der Waals surface area (Å²) in [4.78, 5) is 31.0. The highest BCUT2D eigenvalue weighted by molar-refractivity contribution is 7.98. The van der Waals surface area contributed by atoms with Crippen molar-refractivity contribution in [2.24, 2.45) is 0 Å². The topological polar surface area (TPSA) is 87.2 Å². The molecule has 5 rings (SSSR count). The Morgan fingerprint density at radius 1 is 1.21 bits per heavy atom. The highest BCUT2D eigenvalue weighted by Gasteiger charge is 2.37. The lowest BCUT2D eigenvalue weighted by atomic mass is 9.93. The number of nitrogens with zero attached hydrogens (tertiary/aromatic N) is 2. The first kappa shape index (κ1) is 32.6. The molecule has 3 aromatic rings. The van der Waals surface area contributed by atoms with Gasteiger partial charge in [-0.05, 0) is 66.2 Å². The van der Waals surface area contributed by atoms with E-state index in [9.17, 15) is 19.3 Å². The first-order valence-corrected chi connectivity index (χ1v) is 17.5. The summed E-state index contributed by atoms with van der Waals surface area (Å²) in [6.07, 6.45) is 4.94. The number of benzene rings is 2. The fraction of sp³-hybridized carbons (Fsp3) is 0.400. The molecule has 1 aromatic heterocycles. The summed E-state index contributed by atoms with van der Waals surface area (Å²) in [6.45, 7) is 9.06. The van der Waals surface area contributed by atoms with Gasteiger partial charge in [-0.25, -0.2) is 4.57 Å². The summed E-state index contributed by atoms with van der Waals surface area (Å²) < 4.78 is 17.6. The van der Waals surface area contributed by atoms with E-state index in [-0.39, 0.29) is 36.3 Å². The van der Waals surface area contributed by atoms with Gasteiger partial charge in [-0.3, -0.25) is 9.59 Å². The Hall–Kier alpha value is -2.29. The molecule has 42 heavy (non-hydrogen) atoms. The molecule has 0 unspecified atom stereocenters. The van der Waals surface area contributed by atoms with Crippen LogP contribution in [0.2, 0.25) is 0 Å². The van der Waals surface area contributed by atoms with E-state index in [1.165, 1.54) is 29.5 Å². The van der Waals surface area contributed by atoms with E-state index in [2.05, 4.69) is 18.2 Å². The molecule has 3 heterocycles. The molecule has 0 aliphatic carbocycles. The number of aromatic hydroxyl groups is 1. The predicted octanol–water partition coefficient (Wildman–Crippen LogP) is 8.54. The number of hydrogen-bond acceptors (Lipinski definition) is 7. The Morgan fingerprint density at radius 3 is 2.52 bits per heavy atom. The molecular weight excluding hydrogens is 634 g/mol. The van der Waals surface area contributed by atoms with Crippen molar-refractivity contribution in [2.75, 3.05) is 41.4 Å². The highest BCUT2D eigenvalue weighted by atomic mass is 35.5. The number of carbonyl (C=O) groups excluding carboxylic acids is 2. The molecule has 12 heteroatoms. The van der Waals surface area contributed by atoms with E-state index in [1.807, 2.05) is 25.5 Å². The molecule has 0 radical (unpaired) electrons. The standard InChI is InChI=1S/C29H30ClN2O5PS2.CH3Cl/c1-15(2)25-27-17(12-30)13-32(20(27)11-22(37-38-36)29(25)39-4)24(35)7-5-6-23(34)31-9-8-18-19(31)10-21(33)28-26(18)16(3)14-40-28;1-2/h10-11,14,17,33H,1,5-9,12-13H2,2-4H3;1H3/t17-;/m1./s1. The molecule has 7 nitrogen and oxygen atoms in total. The monoisotopic (exact) mass is 666 g/mol. The number of phenols is 1. The molecule has 1 N–H and O–H groups in total. The molecule has 1 atom stereocenters. The normalized spacial score (nSPS) is 15.4. The van der Waals surface area contributed by atoms with E-state index in [0.29, 0.717) is 36.8 Å².